The number of carbonyl (C=O) groups excluding carboxylic acids is 1. The number of nitrogens with one attached hydrogen (secondary N) is 2. The largest absolute Gasteiger partial charge is 0.497 e. The number of ether oxygens (including phenoxy) is 1. The molecule has 1 unspecified atom stereocenters. The van der Waals surface area contributed by atoms with Crippen LogP contribution < -0.4 is 15.4 Å². The van der Waals surface area contributed by atoms with Gasteiger partial charge < -0.3 is 15.4 Å². The Hall–Kier alpha value is -1.76. The predicted molar refractivity (Wildman–Crippen MR) is 80.3 cm³/mol. The monoisotopic (exact) mass is 312 g/mol. The van der Waals surface area contributed by atoms with Crippen molar-refractivity contribution in [2.75, 3.05) is 25.2 Å². The molecule has 2 amide bonds. The third-order valence-electron chi connectivity index (χ3n) is 3.43. The van der Waals surface area contributed by atoms with Gasteiger partial charge >= 0.3 is 6.03 Å². The maximum Gasteiger partial charge on any atom is 0.315 e. The second-order valence-electron chi connectivity index (χ2n) is 5.10. The van der Waals surface area contributed by atoms with E-state index in [0.717, 1.165) is 11.3 Å². The van der Waals surface area contributed by atoms with Crippen LogP contribution >= 0.6 is 0 Å². The van der Waals surface area contributed by atoms with Crippen molar-refractivity contribution in [1.29, 1.82) is 0 Å². The third-order valence-corrected chi connectivity index (χ3v) is 5.19. The van der Waals surface area contributed by atoms with E-state index in [-0.39, 0.29) is 23.6 Å². The van der Waals surface area contributed by atoms with Gasteiger partial charge in [-0.2, -0.15) is 0 Å². The van der Waals surface area contributed by atoms with Crippen molar-refractivity contribution in [3.63, 3.8) is 0 Å². The molecule has 1 atom stereocenters. The molecule has 2 N–H and O–H groups in total. The summed E-state index contributed by atoms with van der Waals surface area (Å²) in [5.74, 6) is 0.995. The summed E-state index contributed by atoms with van der Waals surface area (Å²) >= 11 is 0. The van der Waals surface area contributed by atoms with Gasteiger partial charge in [0.25, 0.3) is 0 Å². The molecule has 1 aliphatic heterocycles. The van der Waals surface area contributed by atoms with Crippen molar-refractivity contribution in [3.8, 4) is 5.75 Å². The Labute approximate surface area is 124 Å². The number of sulfone groups is 1. The van der Waals surface area contributed by atoms with Gasteiger partial charge in [0.05, 0.1) is 18.6 Å². The van der Waals surface area contributed by atoms with Crippen LogP contribution in [-0.2, 0) is 16.3 Å². The highest BCUT2D eigenvalue weighted by Crippen LogP contribution is 2.12. The standard InChI is InChI=1S/C14H20N2O4S/c1-20-13-4-2-11(3-5-13)6-8-15-14(17)16-12-7-9-21(18,19)10-12/h2-5,12H,6-10H2,1H3,(H2,15,16,17). The summed E-state index contributed by atoms with van der Waals surface area (Å²) in [7, 11) is -1.35. The van der Waals surface area contributed by atoms with Gasteiger partial charge in [-0.1, -0.05) is 12.1 Å². The van der Waals surface area contributed by atoms with E-state index in [1.54, 1.807) is 7.11 Å². The summed E-state index contributed by atoms with van der Waals surface area (Å²) in [5, 5.41) is 5.43. The Kier molecular flexibility index (Phi) is 5.06. The zero-order valence-corrected chi connectivity index (χ0v) is 12.8. The van der Waals surface area contributed by atoms with Crippen LogP contribution in [0.15, 0.2) is 24.3 Å². The molecular formula is C14H20N2O4S. The molecule has 1 aromatic carbocycles. The van der Waals surface area contributed by atoms with Crippen molar-refractivity contribution in [3.05, 3.63) is 29.8 Å². The van der Waals surface area contributed by atoms with E-state index in [2.05, 4.69) is 10.6 Å². The number of hydrogen-bond acceptors (Lipinski definition) is 4. The Morgan fingerprint density at radius 1 is 1.33 bits per heavy atom. The Morgan fingerprint density at radius 2 is 2.05 bits per heavy atom. The lowest BCUT2D eigenvalue weighted by Crippen LogP contribution is -2.43. The number of urea groups is 1. The average Bonchev–Trinajstić information content (AvgIpc) is 2.78. The minimum Gasteiger partial charge on any atom is -0.497 e. The molecule has 21 heavy (non-hydrogen) atoms. The number of amides is 2. The van der Waals surface area contributed by atoms with Crippen LogP contribution in [0.25, 0.3) is 0 Å². The van der Waals surface area contributed by atoms with Gasteiger partial charge in [-0.3, -0.25) is 0 Å². The molecule has 6 nitrogen and oxygen atoms in total. The molecule has 1 heterocycles. The van der Waals surface area contributed by atoms with E-state index in [9.17, 15) is 13.2 Å². The summed E-state index contributed by atoms with van der Waals surface area (Å²) in [4.78, 5) is 11.7. The van der Waals surface area contributed by atoms with Gasteiger partial charge in [-0.15, -0.1) is 0 Å². The van der Waals surface area contributed by atoms with Crippen LogP contribution in [0.1, 0.15) is 12.0 Å². The first-order chi connectivity index (χ1) is 9.98. The molecule has 0 aromatic heterocycles. The van der Waals surface area contributed by atoms with Crippen LogP contribution in [0.2, 0.25) is 0 Å². The highest BCUT2D eigenvalue weighted by atomic mass is 32.2. The molecule has 1 aromatic rings. The van der Waals surface area contributed by atoms with Crippen LogP contribution in [0.3, 0.4) is 0 Å². The van der Waals surface area contributed by atoms with Crippen LogP contribution in [0.4, 0.5) is 4.79 Å². The minimum absolute atomic E-state index is 0.0406. The SMILES string of the molecule is COc1ccc(CCNC(=O)NC2CCS(=O)(=O)C2)cc1. The van der Waals surface area contributed by atoms with E-state index in [1.807, 2.05) is 24.3 Å². The van der Waals surface area contributed by atoms with Gasteiger partial charge in [-0.05, 0) is 30.5 Å². The smallest absolute Gasteiger partial charge is 0.315 e. The van der Waals surface area contributed by atoms with Crippen molar-refractivity contribution < 1.29 is 17.9 Å². The second kappa shape index (κ2) is 6.80. The van der Waals surface area contributed by atoms with E-state index in [0.29, 0.717) is 19.4 Å². The summed E-state index contributed by atoms with van der Waals surface area (Å²) < 4.78 is 27.7. The summed E-state index contributed by atoms with van der Waals surface area (Å²) in [6.07, 6.45) is 1.20. The molecule has 116 valence electrons. The fourth-order valence-electron chi connectivity index (χ4n) is 2.26. The van der Waals surface area contributed by atoms with Crippen molar-refractivity contribution >= 4 is 15.9 Å². The lowest BCUT2D eigenvalue weighted by atomic mass is 10.1. The fraction of sp³-hybridized carbons (Fsp3) is 0.500. The van der Waals surface area contributed by atoms with Crippen molar-refractivity contribution in [2.45, 2.75) is 18.9 Å². The molecule has 1 fully saturated rings. The maximum atomic E-state index is 11.7. The normalized spacial score (nSPS) is 20.0. The fourth-order valence-corrected chi connectivity index (χ4v) is 3.93. The maximum absolute atomic E-state index is 11.7. The van der Waals surface area contributed by atoms with Crippen LogP contribution in [0.5, 0.6) is 5.75 Å². The first kappa shape index (κ1) is 15.6. The topological polar surface area (TPSA) is 84.5 Å². The number of methoxy groups -OCH3 is 1. The van der Waals surface area contributed by atoms with Crippen molar-refractivity contribution in [1.82, 2.24) is 10.6 Å². The third kappa shape index (κ3) is 4.93. The lowest BCUT2D eigenvalue weighted by Gasteiger charge is -2.12. The van der Waals surface area contributed by atoms with Crippen LogP contribution in [-0.4, -0.2) is 45.7 Å². The number of hydrogen-bond donors (Lipinski definition) is 2. The highest BCUT2D eigenvalue weighted by molar-refractivity contribution is 7.91. The second-order valence-corrected chi connectivity index (χ2v) is 7.33. The zero-order chi connectivity index (χ0) is 15.3. The minimum atomic E-state index is -2.97. The van der Waals surface area contributed by atoms with Gasteiger partial charge in [-0.25, -0.2) is 13.2 Å². The molecule has 0 spiro atoms. The molecule has 7 heteroatoms. The molecular weight excluding hydrogens is 292 g/mol. The summed E-state index contributed by atoms with van der Waals surface area (Å²) in [6, 6.07) is 7.06. The molecule has 0 aliphatic carbocycles. The number of benzene rings is 1. The van der Waals surface area contributed by atoms with Gasteiger partial charge in [0, 0.05) is 12.6 Å². The highest BCUT2D eigenvalue weighted by Gasteiger charge is 2.28. The predicted octanol–water partition coefficient (Wildman–Crippen LogP) is 0.724. The lowest BCUT2D eigenvalue weighted by molar-refractivity contribution is 0.238. The molecule has 1 aliphatic rings. The molecule has 0 bridgehead atoms. The van der Waals surface area contributed by atoms with Gasteiger partial charge in [0.15, 0.2) is 9.84 Å². The molecule has 1 saturated heterocycles. The molecule has 0 saturated carbocycles. The quantitative estimate of drug-likeness (QED) is 0.839. The van der Waals surface area contributed by atoms with Crippen LogP contribution in [0, 0.1) is 0 Å². The average molecular weight is 312 g/mol. The van der Waals surface area contributed by atoms with Gasteiger partial charge in [0.2, 0.25) is 0 Å². The van der Waals surface area contributed by atoms with E-state index >= 15 is 0 Å². The molecule has 0 radical (unpaired) electrons. The van der Waals surface area contributed by atoms with E-state index < -0.39 is 9.84 Å². The Bertz CT molecular complexity index is 583. The van der Waals surface area contributed by atoms with E-state index in [1.165, 1.54) is 0 Å². The zero-order valence-electron chi connectivity index (χ0n) is 12.0. The molecule has 2 rings (SSSR count). The summed E-state index contributed by atoms with van der Waals surface area (Å²) in [6.45, 7) is 0.498. The number of rotatable bonds is 5. The number of carbonyl (C=O) groups is 1. The first-order valence-corrected chi connectivity index (χ1v) is 8.68. The summed E-state index contributed by atoms with van der Waals surface area (Å²) in [5.41, 5.74) is 1.10. The first-order valence-electron chi connectivity index (χ1n) is 6.86. The Morgan fingerprint density at radius 3 is 2.62 bits per heavy atom. The van der Waals surface area contributed by atoms with Gasteiger partial charge in [0.1, 0.15) is 5.75 Å². The van der Waals surface area contributed by atoms with E-state index in [4.69, 9.17) is 4.74 Å². The van der Waals surface area contributed by atoms with Crippen molar-refractivity contribution in [2.24, 2.45) is 0 Å². The Balaban J connectivity index is 1.69.